The molecule has 1 amide bonds. The van der Waals surface area contributed by atoms with E-state index in [1.807, 2.05) is 18.2 Å². The summed E-state index contributed by atoms with van der Waals surface area (Å²) in [6, 6.07) is 15.4. The van der Waals surface area contributed by atoms with E-state index in [0.717, 1.165) is 5.56 Å². The number of amides is 1. The molecule has 0 saturated carbocycles. The third-order valence-corrected chi connectivity index (χ3v) is 3.73. The Morgan fingerprint density at radius 2 is 1.75 bits per heavy atom. The summed E-state index contributed by atoms with van der Waals surface area (Å²) < 4.78 is 5.15. The first kappa shape index (κ1) is 18.6. The standard InChI is InChI=1S/C19H15N3O6/c23-15-14(18(25)26)21-16(22-17(15)24)12-8-4-5-9-13(12)20-19(27)28-10-11-6-2-1-3-7-11/h1-9,23H,10H2,(H,20,27)(H,25,26)(H,21,22,24). The molecule has 2 aromatic carbocycles. The second kappa shape index (κ2) is 8.04. The zero-order valence-corrected chi connectivity index (χ0v) is 14.4. The van der Waals surface area contributed by atoms with Gasteiger partial charge < -0.3 is 19.9 Å². The Hall–Kier alpha value is -4.14. The number of ether oxygens (including phenoxy) is 1. The minimum Gasteiger partial charge on any atom is -0.501 e. The van der Waals surface area contributed by atoms with E-state index in [2.05, 4.69) is 15.3 Å². The molecule has 142 valence electrons. The summed E-state index contributed by atoms with van der Waals surface area (Å²) in [5, 5.41) is 21.2. The summed E-state index contributed by atoms with van der Waals surface area (Å²) in [4.78, 5) is 41.1. The number of anilines is 1. The van der Waals surface area contributed by atoms with Gasteiger partial charge in [-0.05, 0) is 17.7 Å². The van der Waals surface area contributed by atoms with E-state index in [9.17, 15) is 19.5 Å². The topological polar surface area (TPSA) is 142 Å². The molecule has 0 fully saturated rings. The van der Waals surface area contributed by atoms with Crippen molar-refractivity contribution in [3.63, 3.8) is 0 Å². The van der Waals surface area contributed by atoms with E-state index < -0.39 is 29.1 Å². The SMILES string of the molecule is O=C(Nc1ccccc1-c1nc(C(=O)O)c(O)c(=O)[nH]1)OCc1ccccc1. The molecule has 1 heterocycles. The van der Waals surface area contributed by atoms with Crippen LogP contribution in [0.3, 0.4) is 0 Å². The van der Waals surface area contributed by atoms with E-state index in [1.165, 1.54) is 12.1 Å². The molecule has 9 heteroatoms. The van der Waals surface area contributed by atoms with Gasteiger partial charge in [0.05, 0.1) is 5.69 Å². The predicted molar refractivity (Wildman–Crippen MR) is 99.2 cm³/mol. The molecule has 0 spiro atoms. The van der Waals surface area contributed by atoms with Crippen LogP contribution in [0.15, 0.2) is 59.4 Å². The number of carbonyl (C=O) groups excluding carboxylic acids is 1. The van der Waals surface area contributed by atoms with Crippen molar-refractivity contribution in [1.29, 1.82) is 0 Å². The second-order valence-corrected chi connectivity index (χ2v) is 5.65. The summed E-state index contributed by atoms with van der Waals surface area (Å²) in [5.74, 6) is -2.68. The lowest BCUT2D eigenvalue weighted by Crippen LogP contribution is -2.17. The van der Waals surface area contributed by atoms with Gasteiger partial charge in [-0.25, -0.2) is 14.6 Å². The van der Waals surface area contributed by atoms with Crippen LogP contribution in [-0.2, 0) is 11.3 Å². The quantitative estimate of drug-likeness (QED) is 0.532. The molecular weight excluding hydrogens is 366 g/mol. The highest BCUT2D eigenvalue weighted by Crippen LogP contribution is 2.25. The van der Waals surface area contributed by atoms with Crippen LogP contribution in [0.4, 0.5) is 10.5 Å². The second-order valence-electron chi connectivity index (χ2n) is 5.65. The lowest BCUT2D eigenvalue weighted by molar-refractivity contribution is 0.0686. The maximum absolute atomic E-state index is 12.1. The number of H-pyrrole nitrogens is 1. The fourth-order valence-corrected chi connectivity index (χ4v) is 2.41. The number of aromatic nitrogens is 2. The molecule has 0 unspecified atom stereocenters. The molecule has 0 aliphatic carbocycles. The van der Waals surface area contributed by atoms with Crippen molar-refractivity contribution < 1.29 is 24.5 Å². The molecular formula is C19H15N3O6. The van der Waals surface area contributed by atoms with Crippen molar-refractivity contribution in [3.05, 3.63) is 76.2 Å². The van der Waals surface area contributed by atoms with Crippen molar-refractivity contribution in [3.8, 4) is 17.1 Å². The first-order valence-corrected chi connectivity index (χ1v) is 8.09. The van der Waals surface area contributed by atoms with E-state index in [1.54, 1.807) is 24.3 Å². The number of aromatic hydroxyl groups is 1. The van der Waals surface area contributed by atoms with Gasteiger partial charge in [0.2, 0.25) is 5.75 Å². The molecule has 3 rings (SSSR count). The molecule has 9 nitrogen and oxygen atoms in total. The van der Waals surface area contributed by atoms with Gasteiger partial charge in [0.25, 0.3) is 5.56 Å². The van der Waals surface area contributed by atoms with Crippen molar-refractivity contribution in [2.24, 2.45) is 0 Å². The monoisotopic (exact) mass is 381 g/mol. The number of para-hydroxylation sites is 1. The van der Waals surface area contributed by atoms with Crippen molar-refractivity contribution in [2.75, 3.05) is 5.32 Å². The van der Waals surface area contributed by atoms with Crippen molar-refractivity contribution in [2.45, 2.75) is 6.61 Å². The van der Waals surface area contributed by atoms with Gasteiger partial charge in [0.1, 0.15) is 12.4 Å². The van der Waals surface area contributed by atoms with Gasteiger partial charge >= 0.3 is 12.1 Å². The number of nitrogens with one attached hydrogen (secondary N) is 2. The highest BCUT2D eigenvalue weighted by Gasteiger charge is 2.19. The number of carboxylic acid groups (broad SMARTS) is 1. The zero-order chi connectivity index (χ0) is 20.1. The van der Waals surface area contributed by atoms with Crippen LogP contribution in [0.5, 0.6) is 5.75 Å². The molecule has 28 heavy (non-hydrogen) atoms. The molecule has 0 saturated heterocycles. The summed E-state index contributed by atoms with van der Waals surface area (Å²) in [5.41, 5.74) is -0.505. The van der Waals surface area contributed by atoms with E-state index in [-0.39, 0.29) is 23.7 Å². The summed E-state index contributed by atoms with van der Waals surface area (Å²) in [6.45, 7) is 0.0618. The first-order chi connectivity index (χ1) is 13.5. The number of carbonyl (C=O) groups is 2. The Kier molecular flexibility index (Phi) is 5.35. The van der Waals surface area contributed by atoms with Crippen LogP contribution in [0, 0.1) is 0 Å². The Balaban J connectivity index is 1.85. The summed E-state index contributed by atoms with van der Waals surface area (Å²) in [7, 11) is 0. The van der Waals surface area contributed by atoms with Gasteiger partial charge in [-0.2, -0.15) is 0 Å². The van der Waals surface area contributed by atoms with E-state index in [4.69, 9.17) is 9.84 Å². The number of carboxylic acids is 1. The maximum atomic E-state index is 12.1. The van der Waals surface area contributed by atoms with Crippen LogP contribution in [-0.4, -0.2) is 32.2 Å². The number of nitrogens with zero attached hydrogens (tertiary/aromatic N) is 1. The van der Waals surface area contributed by atoms with Gasteiger partial charge in [-0.15, -0.1) is 0 Å². The van der Waals surface area contributed by atoms with Crippen LogP contribution in [0.2, 0.25) is 0 Å². The molecule has 3 aromatic rings. The number of hydrogen-bond acceptors (Lipinski definition) is 6. The fourth-order valence-electron chi connectivity index (χ4n) is 2.41. The maximum Gasteiger partial charge on any atom is 0.411 e. The average molecular weight is 381 g/mol. The summed E-state index contributed by atoms with van der Waals surface area (Å²) >= 11 is 0. The average Bonchev–Trinajstić information content (AvgIpc) is 2.69. The smallest absolute Gasteiger partial charge is 0.411 e. The van der Waals surface area contributed by atoms with E-state index in [0.29, 0.717) is 0 Å². The number of rotatable bonds is 5. The minimum atomic E-state index is -1.56. The van der Waals surface area contributed by atoms with Crippen molar-refractivity contribution in [1.82, 2.24) is 9.97 Å². The Bertz CT molecular complexity index is 1080. The Morgan fingerprint density at radius 1 is 1.07 bits per heavy atom. The van der Waals surface area contributed by atoms with Crippen molar-refractivity contribution >= 4 is 17.7 Å². The van der Waals surface area contributed by atoms with Crippen LogP contribution in [0.25, 0.3) is 11.4 Å². The largest absolute Gasteiger partial charge is 0.501 e. The third-order valence-electron chi connectivity index (χ3n) is 3.73. The van der Waals surface area contributed by atoms with Crippen LogP contribution in [0.1, 0.15) is 16.1 Å². The molecule has 0 bridgehead atoms. The first-order valence-electron chi connectivity index (χ1n) is 8.09. The van der Waals surface area contributed by atoms with E-state index >= 15 is 0 Å². The highest BCUT2D eigenvalue weighted by molar-refractivity contribution is 5.92. The molecule has 0 aliphatic rings. The van der Waals surface area contributed by atoms with Crippen LogP contribution < -0.4 is 10.9 Å². The normalized spacial score (nSPS) is 10.3. The van der Waals surface area contributed by atoms with Gasteiger partial charge in [-0.1, -0.05) is 42.5 Å². The van der Waals surface area contributed by atoms with Gasteiger partial charge in [0.15, 0.2) is 5.69 Å². The zero-order valence-electron chi connectivity index (χ0n) is 14.4. The molecule has 0 atom stereocenters. The molecule has 4 N–H and O–H groups in total. The summed E-state index contributed by atoms with van der Waals surface area (Å²) in [6.07, 6.45) is -0.740. The molecule has 0 aliphatic heterocycles. The Morgan fingerprint density at radius 3 is 2.46 bits per heavy atom. The minimum absolute atomic E-state index is 0.0618. The number of hydrogen-bond donors (Lipinski definition) is 4. The Labute approximate surface area is 158 Å². The van der Waals surface area contributed by atoms with Gasteiger partial charge in [0, 0.05) is 5.56 Å². The number of benzene rings is 2. The predicted octanol–water partition coefficient (Wildman–Crippen LogP) is 2.59. The lowest BCUT2D eigenvalue weighted by atomic mass is 10.1. The fraction of sp³-hybridized carbons (Fsp3) is 0.0526. The molecule has 1 aromatic heterocycles. The third kappa shape index (κ3) is 4.15. The highest BCUT2D eigenvalue weighted by atomic mass is 16.5. The lowest BCUT2D eigenvalue weighted by Gasteiger charge is -2.11. The van der Waals surface area contributed by atoms with Crippen LogP contribution >= 0.6 is 0 Å². The number of aromatic carboxylic acids is 1. The number of aromatic amines is 1. The van der Waals surface area contributed by atoms with Gasteiger partial charge in [-0.3, -0.25) is 10.1 Å². The molecule has 0 radical (unpaired) electrons.